The maximum atomic E-state index is 14.6. The number of aromatic hydroxyl groups is 1. The number of hydrogen-bond acceptors (Lipinski definition) is 5. The van der Waals surface area contributed by atoms with Gasteiger partial charge >= 0.3 is 6.09 Å². The maximum Gasteiger partial charge on any atom is 0.408 e. The molecule has 0 saturated carbocycles. The number of amides is 3. The van der Waals surface area contributed by atoms with Gasteiger partial charge in [-0.15, -0.1) is 0 Å². The summed E-state index contributed by atoms with van der Waals surface area (Å²) in [4.78, 5) is 43.3. The second kappa shape index (κ2) is 15.1. The Hall–Kier alpha value is -3.55. The summed E-state index contributed by atoms with van der Waals surface area (Å²) in [5.74, 6) is -0.459. The van der Waals surface area contributed by atoms with Crippen molar-refractivity contribution in [2.45, 2.75) is 112 Å². The van der Waals surface area contributed by atoms with Gasteiger partial charge in [0, 0.05) is 17.3 Å². The number of para-hydroxylation sites is 2. The normalized spacial score (nSPS) is 13.8. The smallest absolute Gasteiger partial charge is 0.408 e. The Morgan fingerprint density at radius 1 is 0.881 bits per heavy atom. The number of rotatable bonds is 12. The van der Waals surface area contributed by atoms with E-state index in [0.717, 1.165) is 12.0 Å². The molecule has 2 aromatic rings. The van der Waals surface area contributed by atoms with Gasteiger partial charge in [0.25, 0.3) is 5.91 Å². The highest BCUT2D eigenvalue weighted by Crippen LogP contribution is 2.35. The van der Waals surface area contributed by atoms with Crippen LogP contribution in [0.2, 0.25) is 0 Å². The lowest BCUT2D eigenvalue weighted by atomic mass is 9.94. The molecule has 3 unspecified atom stereocenters. The van der Waals surface area contributed by atoms with Gasteiger partial charge < -0.3 is 25.4 Å². The summed E-state index contributed by atoms with van der Waals surface area (Å²) in [5.41, 5.74) is 1.66. The van der Waals surface area contributed by atoms with E-state index in [4.69, 9.17) is 4.74 Å². The number of ether oxygens (including phenoxy) is 1. The molecular formula is C34H51N3O5. The minimum Gasteiger partial charge on any atom is -0.507 e. The van der Waals surface area contributed by atoms with E-state index in [9.17, 15) is 19.5 Å². The van der Waals surface area contributed by atoms with Crippen molar-refractivity contribution in [3.63, 3.8) is 0 Å². The summed E-state index contributed by atoms with van der Waals surface area (Å²) in [6.45, 7) is 19.0. The van der Waals surface area contributed by atoms with Gasteiger partial charge in [-0.25, -0.2) is 4.79 Å². The van der Waals surface area contributed by atoms with Gasteiger partial charge in [0.1, 0.15) is 23.4 Å². The number of nitrogens with zero attached hydrogens (tertiary/aromatic N) is 1. The third kappa shape index (κ3) is 10.1. The second-order valence-corrected chi connectivity index (χ2v) is 13.1. The summed E-state index contributed by atoms with van der Waals surface area (Å²) in [7, 11) is 0. The highest BCUT2D eigenvalue weighted by molar-refractivity contribution is 6.00. The molecule has 0 radical (unpaired) electrons. The molecule has 0 bridgehead atoms. The monoisotopic (exact) mass is 581 g/mol. The number of hydrogen-bond donors (Lipinski definition) is 3. The first kappa shape index (κ1) is 34.7. The molecule has 3 atom stereocenters. The predicted octanol–water partition coefficient (Wildman–Crippen LogP) is 7.28. The van der Waals surface area contributed by atoms with E-state index >= 15 is 0 Å². The Labute approximate surface area is 252 Å². The lowest BCUT2D eigenvalue weighted by molar-refractivity contribution is -0.144. The first-order valence-electron chi connectivity index (χ1n) is 15.0. The molecule has 42 heavy (non-hydrogen) atoms. The highest BCUT2D eigenvalue weighted by atomic mass is 16.6. The fourth-order valence-corrected chi connectivity index (χ4v) is 4.87. The van der Waals surface area contributed by atoms with Crippen molar-refractivity contribution in [2.24, 2.45) is 11.8 Å². The van der Waals surface area contributed by atoms with Crippen LogP contribution in [0, 0.1) is 25.7 Å². The average molecular weight is 582 g/mol. The van der Waals surface area contributed by atoms with E-state index in [1.54, 1.807) is 56.9 Å². The number of nitrogens with one attached hydrogen (secondary N) is 2. The number of carbonyl (C=O) groups is 3. The fraction of sp³-hybridized carbons (Fsp3) is 0.559. The van der Waals surface area contributed by atoms with Gasteiger partial charge in [0.05, 0.1) is 0 Å². The van der Waals surface area contributed by atoms with Gasteiger partial charge in [-0.2, -0.15) is 0 Å². The number of alkyl carbamates (subject to hydrolysis) is 1. The van der Waals surface area contributed by atoms with Crippen molar-refractivity contribution in [3.05, 3.63) is 59.2 Å². The summed E-state index contributed by atoms with van der Waals surface area (Å²) in [6, 6.07) is 10.1. The van der Waals surface area contributed by atoms with Crippen LogP contribution in [0.1, 0.15) is 97.4 Å². The van der Waals surface area contributed by atoms with Crippen molar-refractivity contribution in [2.75, 3.05) is 5.32 Å². The lowest BCUT2D eigenvalue weighted by Gasteiger charge is -2.39. The number of carbonyl (C=O) groups excluding carboxylic acids is 3. The zero-order chi connectivity index (χ0) is 31.8. The first-order valence-corrected chi connectivity index (χ1v) is 15.0. The van der Waals surface area contributed by atoms with Gasteiger partial charge in [-0.05, 0) is 89.8 Å². The molecule has 0 spiro atoms. The van der Waals surface area contributed by atoms with Crippen LogP contribution in [0.3, 0.4) is 0 Å². The van der Waals surface area contributed by atoms with Crippen LogP contribution in [0.15, 0.2) is 42.5 Å². The van der Waals surface area contributed by atoms with Crippen LogP contribution >= 0.6 is 0 Å². The molecule has 0 aliphatic rings. The molecule has 8 nitrogen and oxygen atoms in total. The Kier molecular flexibility index (Phi) is 12.4. The lowest BCUT2D eigenvalue weighted by Crippen LogP contribution is -2.55. The van der Waals surface area contributed by atoms with Crippen LogP contribution in [-0.2, 0) is 14.3 Å². The van der Waals surface area contributed by atoms with E-state index in [1.807, 2.05) is 45.9 Å². The van der Waals surface area contributed by atoms with Crippen LogP contribution in [0.4, 0.5) is 10.5 Å². The van der Waals surface area contributed by atoms with Crippen molar-refractivity contribution in [1.82, 2.24) is 10.2 Å². The summed E-state index contributed by atoms with van der Waals surface area (Å²) < 4.78 is 5.50. The Bertz CT molecular complexity index is 1220. The molecule has 0 aliphatic heterocycles. The van der Waals surface area contributed by atoms with E-state index in [1.165, 1.54) is 0 Å². The summed E-state index contributed by atoms with van der Waals surface area (Å²) >= 11 is 0. The average Bonchev–Trinajstić information content (AvgIpc) is 2.87. The fourth-order valence-electron chi connectivity index (χ4n) is 4.87. The van der Waals surface area contributed by atoms with Gasteiger partial charge in [-0.3, -0.25) is 9.59 Å². The molecule has 3 N–H and O–H groups in total. The molecule has 2 aromatic carbocycles. The second-order valence-electron chi connectivity index (χ2n) is 13.1. The third-order valence-corrected chi connectivity index (χ3v) is 7.08. The molecule has 3 amide bonds. The Morgan fingerprint density at radius 2 is 1.50 bits per heavy atom. The minimum atomic E-state index is -1.16. The van der Waals surface area contributed by atoms with Gasteiger partial charge in [-0.1, -0.05) is 64.1 Å². The number of phenols is 1. The maximum absolute atomic E-state index is 14.6. The molecule has 232 valence electrons. The van der Waals surface area contributed by atoms with Crippen LogP contribution < -0.4 is 10.6 Å². The van der Waals surface area contributed by atoms with Gasteiger partial charge in [0.15, 0.2) is 0 Å². The van der Waals surface area contributed by atoms with E-state index in [2.05, 4.69) is 24.5 Å². The van der Waals surface area contributed by atoms with Crippen LogP contribution in [0.5, 0.6) is 5.75 Å². The van der Waals surface area contributed by atoms with E-state index < -0.39 is 35.6 Å². The Balaban J connectivity index is 2.70. The molecule has 0 fully saturated rings. The summed E-state index contributed by atoms with van der Waals surface area (Å²) in [5, 5.41) is 17.0. The third-order valence-electron chi connectivity index (χ3n) is 7.08. The van der Waals surface area contributed by atoms with Crippen molar-refractivity contribution in [3.8, 4) is 5.75 Å². The predicted molar refractivity (Wildman–Crippen MR) is 168 cm³/mol. The molecule has 8 heteroatoms. The molecule has 2 rings (SSSR count). The molecule has 0 saturated heterocycles. The first-order chi connectivity index (χ1) is 19.5. The van der Waals surface area contributed by atoms with Crippen LogP contribution in [-0.4, -0.2) is 45.6 Å². The van der Waals surface area contributed by atoms with Crippen LogP contribution in [0.25, 0.3) is 0 Å². The standard InChI is InChI=1S/C34H51N3O5/c1-21(2)18-19-25(7)37(32(40)28(20-22(3)4)36-33(41)42-34(8,9)10)29(26-16-13-15-24(6)30(26)38)31(39)35-27-17-12-11-14-23(27)5/h11-17,21-22,25,28-29,38H,18-20H2,1-10H3,(H,35,39)(H,36,41). The quantitative estimate of drug-likeness (QED) is 0.244. The number of aryl methyl sites for hydroxylation is 2. The van der Waals surface area contributed by atoms with Crippen molar-refractivity contribution < 1.29 is 24.2 Å². The van der Waals surface area contributed by atoms with Crippen molar-refractivity contribution >= 4 is 23.6 Å². The zero-order valence-corrected chi connectivity index (χ0v) is 27.1. The van der Waals surface area contributed by atoms with E-state index in [-0.39, 0.29) is 17.7 Å². The molecular weight excluding hydrogens is 530 g/mol. The number of benzene rings is 2. The van der Waals surface area contributed by atoms with Gasteiger partial charge in [0.2, 0.25) is 5.91 Å². The minimum absolute atomic E-state index is 0.0446. The highest BCUT2D eigenvalue weighted by Gasteiger charge is 2.40. The molecule has 0 aliphatic carbocycles. The van der Waals surface area contributed by atoms with Crippen molar-refractivity contribution in [1.29, 1.82) is 0 Å². The Morgan fingerprint density at radius 3 is 2.07 bits per heavy atom. The molecule has 0 heterocycles. The number of anilines is 1. The topological polar surface area (TPSA) is 108 Å². The SMILES string of the molecule is Cc1ccccc1NC(=O)C(c1cccc(C)c1O)N(C(=O)C(CC(C)C)NC(=O)OC(C)(C)C)C(C)CCC(C)C. The molecule has 0 aromatic heterocycles. The largest absolute Gasteiger partial charge is 0.507 e. The zero-order valence-electron chi connectivity index (χ0n) is 27.1. The number of phenolic OH excluding ortho intramolecular Hbond substituents is 1. The summed E-state index contributed by atoms with van der Waals surface area (Å²) in [6.07, 6.45) is 1.10. The van der Waals surface area contributed by atoms with E-state index in [0.29, 0.717) is 35.6 Å².